The van der Waals surface area contributed by atoms with Gasteiger partial charge in [0.05, 0.1) is 5.69 Å². The van der Waals surface area contributed by atoms with Gasteiger partial charge in [0.15, 0.2) is 10.7 Å². The summed E-state index contributed by atoms with van der Waals surface area (Å²) in [6, 6.07) is 0. The zero-order valence-electron chi connectivity index (χ0n) is 16.8. The van der Waals surface area contributed by atoms with E-state index in [1.165, 1.54) is 10.6 Å². The highest BCUT2D eigenvalue weighted by atomic mass is 32.1. The van der Waals surface area contributed by atoms with Gasteiger partial charge in [-0.25, -0.2) is 9.78 Å². The third kappa shape index (κ3) is 3.52. The second-order valence-corrected chi connectivity index (χ2v) is 10.2. The molecule has 6 nitrogen and oxygen atoms in total. The number of imidazole rings is 1. The number of hydrogen-bond acceptors (Lipinski definition) is 5. The minimum atomic E-state index is -0.910. The Morgan fingerprint density at radius 1 is 1.26 bits per heavy atom. The van der Waals surface area contributed by atoms with Crippen LogP contribution < -0.4 is 0 Å². The SMILES string of the molecule is CN1CCN(Cc2c(C(=O)O)nc3sc4c(n23)CCC(C(C)(C)C)C4)CC1. The molecule has 1 atom stereocenters. The Morgan fingerprint density at radius 2 is 1.96 bits per heavy atom. The first-order chi connectivity index (χ1) is 12.7. The van der Waals surface area contributed by atoms with Gasteiger partial charge in [-0.3, -0.25) is 9.30 Å². The average Bonchev–Trinajstić information content (AvgIpc) is 3.12. The van der Waals surface area contributed by atoms with Crippen LogP contribution in [0.4, 0.5) is 0 Å². The summed E-state index contributed by atoms with van der Waals surface area (Å²) in [6.07, 6.45) is 3.27. The fourth-order valence-corrected chi connectivity index (χ4v) is 5.66. The van der Waals surface area contributed by atoms with E-state index in [4.69, 9.17) is 0 Å². The Balaban J connectivity index is 1.70. The van der Waals surface area contributed by atoms with Crippen LogP contribution >= 0.6 is 11.3 Å². The lowest BCUT2D eigenvalue weighted by Gasteiger charge is -2.34. The quantitative estimate of drug-likeness (QED) is 0.873. The summed E-state index contributed by atoms with van der Waals surface area (Å²) in [5.41, 5.74) is 2.72. The van der Waals surface area contributed by atoms with Gasteiger partial charge in [-0.15, -0.1) is 11.3 Å². The number of hydrogen-bond donors (Lipinski definition) is 1. The van der Waals surface area contributed by atoms with Crippen LogP contribution in [0.5, 0.6) is 0 Å². The summed E-state index contributed by atoms with van der Waals surface area (Å²) in [5, 5.41) is 9.71. The van der Waals surface area contributed by atoms with Crippen molar-refractivity contribution in [3.63, 3.8) is 0 Å². The smallest absolute Gasteiger partial charge is 0.356 e. The van der Waals surface area contributed by atoms with Crippen molar-refractivity contribution >= 4 is 22.3 Å². The molecule has 148 valence electrons. The van der Waals surface area contributed by atoms with Gasteiger partial charge in [0.1, 0.15) is 0 Å². The van der Waals surface area contributed by atoms with E-state index in [1.807, 2.05) is 0 Å². The van der Waals surface area contributed by atoms with Crippen molar-refractivity contribution in [1.82, 2.24) is 19.2 Å². The lowest BCUT2D eigenvalue weighted by Crippen LogP contribution is -2.44. The summed E-state index contributed by atoms with van der Waals surface area (Å²) in [4.78, 5) is 23.3. The topological polar surface area (TPSA) is 61.1 Å². The summed E-state index contributed by atoms with van der Waals surface area (Å²) in [6.45, 7) is 11.6. The highest BCUT2D eigenvalue weighted by molar-refractivity contribution is 7.17. The van der Waals surface area contributed by atoms with Crippen molar-refractivity contribution in [1.29, 1.82) is 0 Å². The average molecular weight is 391 g/mol. The van der Waals surface area contributed by atoms with Gasteiger partial charge < -0.3 is 10.0 Å². The highest BCUT2D eigenvalue weighted by Crippen LogP contribution is 2.41. The van der Waals surface area contributed by atoms with Gasteiger partial charge in [-0.1, -0.05) is 20.8 Å². The molecule has 0 amide bonds. The fraction of sp³-hybridized carbons (Fsp3) is 0.700. The second-order valence-electron chi connectivity index (χ2n) is 9.19. The molecular formula is C20H30N4O2S. The number of fused-ring (bicyclic) bond motifs is 3. The molecule has 2 aliphatic rings. The van der Waals surface area contributed by atoms with E-state index in [0.29, 0.717) is 17.9 Å². The Hall–Kier alpha value is -1.44. The summed E-state index contributed by atoms with van der Waals surface area (Å²) in [7, 11) is 2.14. The third-order valence-electron chi connectivity index (χ3n) is 6.31. The number of carboxylic acid groups (broad SMARTS) is 1. The van der Waals surface area contributed by atoms with Crippen LogP contribution in [0.15, 0.2) is 0 Å². The maximum atomic E-state index is 11.8. The molecule has 1 N–H and O–H groups in total. The molecule has 2 aromatic heterocycles. The van der Waals surface area contributed by atoms with Crippen LogP contribution in [0.3, 0.4) is 0 Å². The van der Waals surface area contributed by atoms with Gasteiger partial charge in [-0.2, -0.15) is 0 Å². The van der Waals surface area contributed by atoms with Gasteiger partial charge in [0, 0.05) is 43.3 Å². The molecule has 4 rings (SSSR count). The van der Waals surface area contributed by atoms with E-state index in [9.17, 15) is 9.90 Å². The second kappa shape index (κ2) is 6.87. The van der Waals surface area contributed by atoms with Crippen LogP contribution in [0.2, 0.25) is 0 Å². The number of piperazine rings is 1. The number of rotatable bonds is 3. The van der Waals surface area contributed by atoms with E-state index in [-0.39, 0.29) is 5.69 Å². The zero-order chi connectivity index (χ0) is 19.3. The Labute approximate surface area is 164 Å². The number of thiazole rings is 1. The van der Waals surface area contributed by atoms with Crippen molar-refractivity contribution in [2.45, 2.75) is 46.6 Å². The molecule has 1 saturated heterocycles. The van der Waals surface area contributed by atoms with Crippen LogP contribution in [0.1, 0.15) is 53.9 Å². The minimum absolute atomic E-state index is 0.237. The molecule has 0 saturated carbocycles. The van der Waals surface area contributed by atoms with Crippen molar-refractivity contribution in [3.05, 3.63) is 22.0 Å². The number of aryl methyl sites for hydroxylation is 1. The lowest BCUT2D eigenvalue weighted by molar-refractivity contribution is 0.0687. The molecular weight excluding hydrogens is 360 g/mol. The van der Waals surface area contributed by atoms with E-state index in [1.54, 1.807) is 11.3 Å². The first kappa shape index (κ1) is 18.9. The molecule has 2 aromatic rings. The number of likely N-dealkylation sites (N-methyl/N-ethyl adjacent to an activating group) is 1. The van der Waals surface area contributed by atoms with Gasteiger partial charge in [-0.05, 0) is 37.6 Å². The highest BCUT2D eigenvalue weighted by Gasteiger charge is 2.33. The number of nitrogens with zero attached hydrogens (tertiary/aromatic N) is 4. The van der Waals surface area contributed by atoms with Crippen LogP contribution in [0.25, 0.3) is 4.96 Å². The molecule has 1 unspecified atom stereocenters. The van der Waals surface area contributed by atoms with Gasteiger partial charge in [0.2, 0.25) is 0 Å². The molecule has 7 heteroatoms. The van der Waals surface area contributed by atoms with Crippen LogP contribution in [-0.2, 0) is 19.4 Å². The number of carboxylic acids is 1. The maximum absolute atomic E-state index is 11.8. The van der Waals surface area contributed by atoms with E-state index < -0.39 is 5.97 Å². The van der Waals surface area contributed by atoms with E-state index >= 15 is 0 Å². The lowest BCUT2D eigenvalue weighted by atomic mass is 9.73. The Bertz CT molecular complexity index is 856. The molecule has 0 aromatic carbocycles. The van der Waals surface area contributed by atoms with E-state index in [2.05, 4.69) is 47.0 Å². The monoisotopic (exact) mass is 390 g/mol. The minimum Gasteiger partial charge on any atom is -0.476 e. The van der Waals surface area contributed by atoms with Crippen molar-refractivity contribution in [3.8, 4) is 0 Å². The zero-order valence-corrected chi connectivity index (χ0v) is 17.6. The Morgan fingerprint density at radius 3 is 2.59 bits per heavy atom. The van der Waals surface area contributed by atoms with E-state index in [0.717, 1.165) is 56.1 Å². The van der Waals surface area contributed by atoms with Crippen LogP contribution in [-0.4, -0.2) is 63.5 Å². The summed E-state index contributed by atoms with van der Waals surface area (Å²) in [5.74, 6) is -0.236. The van der Waals surface area contributed by atoms with Crippen molar-refractivity contribution < 1.29 is 9.90 Å². The van der Waals surface area contributed by atoms with Crippen LogP contribution in [0, 0.1) is 11.3 Å². The number of aromatic nitrogens is 2. The molecule has 0 spiro atoms. The molecule has 0 bridgehead atoms. The molecule has 27 heavy (non-hydrogen) atoms. The molecule has 1 aliphatic heterocycles. The molecule has 0 radical (unpaired) electrons. The first-order valence-electron chi connectivity index (χ1n) is 9.90. The predicted molar refractivity (Wildman–Crippen MR) is 108 cm³/mol. The number of carbonyl (C=O) groups is 1. The summed E-state index contributed by atoms with van der Waals surface area (Å²) >= 11 is 1.70. The third-order valence-corrected chi connectivity index (χ3v) is 7.41. The van der Waals surface area contributed by atoms with Gasteiger partial charge in [0.25, 0.3) is 0 Å². The molecule has 1 aliphatic carbocycles. The maximum Gasteiger partial charge on any atom is 0.356 e. The predicted octanol–water partition coefficient (Wildman–Crippen LogP) is 2.99. The molecule has 1 fully saturated rings. The van der Waals surface area contributed by atoms with Crippen molar-refractivity contribution in [2.24, 2.45) is 11.3 Å². The first-order valence-corrected chi connectivity index (χ1v) is 10.7. The number of aromatic carboxylic acids is 1. The fourth-order valence-electron chi connectivity index (χ4n) is 4.39. The van der Waals surface area contributed by atoms with Gasteiger partial charge >= 0.3 is 5.97 Å². The molecule has 3 heterocycles. The standard InChI is InChI=1S/C20H30N4O2S/c1-20(2,3)13-5-6-14-16(11-13)27-19-21-17(18(25)26)15(24(14)19)12-23-9-7-22(4)8-10-23/h13H,5-12H2,1-4H3,(H,25,26). The van der Waals surface area contributed by atoms with Crippen molar-refractivity contribution in [2.75, 3.05) is 33.2 Å². The Kier molecular flexibility index (Phi) is 4.81. The summed E-state index contributed by atoms with van der Waals surface area (Å²) < 4.78 is 2.18. The normalized spacial score (nSPS) is 22.3. The largest absolute Gasteiger partial charge is 0.476 e.